The van der Waals surface area contributed by atoms with Crippen LogP contribution in [0.1, 0.15) is 89.7 Å². The lowest BCUT2D eigenvalue weighted by Gasteiger charge is -2.46. The highest BCUT2D eigenvalue weighted by atomic mass is 79.9. The number of carbonyl (C=O) groups is 1. The number of hydrogen-bond acceptors (Lipinski definition) is 6. The number of amides is 1. The van der Waals surface area contributed by atoms with Crippen LogP contribution in [0.4, 0.5) is 4.79 Å². The summed E-state index contributed by atoms with van der Waals surface area (Å²) in [6.45, 7) is 5.68. The normalized spacial score (nSPS) is 31.1. The van der Waals surface area contributed by atoms with Crippen LogP contribution in [-0.2, 0) is 15.6 Å². The van der Waals surface area contributed by atoms with Crippen LogP contribution in [0.15, 0.2) is 45.9 Å². The Morgan fingerprint density at radius 2 is 1.28 bits per heavy atom. The molecule has 2 unspecified atom stereocenters. The molecular weight excluding hydrogens is 710 g/mol. The number of hydrogen-bond donors (Lipinski definition) is 2. The van der Waals surface area contributed by atoms with Crippen molar-refractivity contribution in [2.24, 2.45) is 23.3 Å². The number of aromatic nitrogens is 2. The molecule has 11 heteroatoms. The molecule has 0 spiro atoms. The summed E-state index contributed by atoms with van der Waals surface area (Å²) < 4.78 is 7.53. The third-order valence-electron chi connectivity index (χ3n) is 9.77. The highest BCUT2D eigenvalue weighted by Gasteiger charge is 2.53. The van der Waals surface area contributed by atoms with E-state index in [1.807, 2.05) is 50.3 Å². The third kappa shape index (κ3) is 6.79. The summed E-state index contributed by atoms with van der Waals surface area (Å²) in [5.41, 5.74) is 13.5. The molecule has 6 rings (SSSR count). The molecule has 2 aromatic rings. The van der Waals surface area contributed by atoms with Crippen LogP contribution in [0.3, 0.4) is 0 Å². The molecule has 2 saturated heterocycles. The first-order chi connectivity index (χ1) is 20.2. The largest absolute Gasteiger partial charge is 0.444 e. The van der Waals surface area contributed by atoms with E-state index >= 15 is 0 Å². The van der Waals surface area contributed by atoms with E-state index in [9.17, 15) is 4.79 Å². The Morgan fingerprint density at radius 3 is 1.67 bits per heavy atom. The van der Waals surface area contributed by atoms with Gasteiger partial charge in [-0.15, -0.1) is 0 Å². The van der Waals surface area contributed by atoms with E-state index in [2.05, 4.69) is 47.9 Å². The minimum absolute atomic E-state index is 0.0917. The molecule has 1 amide bonds. The van der Waals surface area contributed by atoms with Gasteiger partial charge in [0.05, 0.1) is 15.4 Å². The van der Waals surface area contributed by atoms with E-state index in [0.29, 0.717) is 9.98 Å². The maximum Gasteiger partial charge on any atom is 0.410 e. The predicted octanol–water partition coefficient (Wildman–Crippen LogP) is 7.51. The van der Waals surface area contributed by atoms with Gasteiger partial charge in [0.15, 0.2) is 0 Å². The van der Waals surface area contributed by atoms with Gasteiger partial charge in [0, 0.05) is 51.2 Å². The van der Waals surface area contributed by atoms with Crippen molar-refractivity contribution >= 4 is 72.4 Å². The number of carbonyl (C=O) groups excluding carboxylic acids is 1. The van der Waals surface area contributed by atoms with E-state index in [1.54, 1.807) is 6.20 Å². The zero-order valence-corrected chi connectivity index (χ0v) is 29.8. The fourth-order valence-corrected chi connectivity index (χ4v) is 9.28. The second kappa shape index (κ2) is 12.6. The Labute approximate surface area is 282 Å². The molecule has 2 aliphatic carbocycles. The predicted molar refractivity (Wildman–Crippen MR) is 185 cm³/mol. The molecule has 2 aromatic heterocycles. The lowest BCUT2D eigenvalue weighted by molar-refractivity contribution is 0.00306. The average Bonchev–Trinajstić information content (AvgIpc) is 3.41. The zero-order chi connectivity index (χ0) is 31.2. The van der Waals surface area contributed by atoms with Gasteiger partial charge in [0.2, 0.25) is 0 Å². The Kier molecular flexibility index (Phi) is 9.58. The van der Waals surface area contributed by atoms with Gasteiger partial charge in [0.1, 0.15) is 5.60 Å². The minimum atomic E-state index is -0.498. The highest BCUT2D eigenvalue weighted by Crippen LogP contribution is 2.52. The van der Waals surface area contributed by atoms with Gasteiger partial charge in [-0.2, -0.15) is 0 Å². The summed E-state index contributed by atoms with van der Waals surface area (Å²) >= 11 is 17.9. The first-order valence-electron chi connectivity index (χ1n) is 15.1. The SMILES string of the molecule is CC(C)(C)OC(=O)N1[C@@H]2CC[C@H]1CC(C(N)=S)(c1cncc(Br)c1)C2.NC(=S)C1(c2cncc(Br)c2)C[C@@H]2CC[C@@H](C2)C1. The molecule has 0 aromatic carbocycles. The molecule has 43 heavy (non-hydrogen) atoms. The van der Waals surface area contributed by atoms with Crippen molar-refractivity contribution < 1.29 is 9.53 Å². The van der Waals surface area contributed by atoms with Crippen LogP contribution in [0, 0.1) is 11.8 Å². The Bertz CT molecular complexity index is 1370. The molecule has 2 aliphatic heterocycles. The van der Waals surface area contributed by atoms with Gasteiger partial charge in [-0.05, 0) is 133 Å². The number of pyridine rings is 2. The molecule has 0 radical (unpaired) electrons. The number of piperidine rings is 1. The van der Waals surface area contributed by atoms with E-state index in [-0.39, 0.29) is 23.6 Å². The first kappa shape index (κ1) is 32.7. The summed E-state index contributed by atoms with van der Waals surface area (Å²) in [6.07, 6.45) is 16.7. The molecule has 232 valence electrons. The number of rotatable bonds is 4. The fraction of sp³-hybridized carbons (Fsp3) is 0.594. The monoisotopic (exact) mass is 749 g/mol. The summed E-state index contributed by atoms with van der Waals surface area (Å²) in [5.74, 6) is 1.59. The Hall–Kier alpha value is -1.69. The van der Waals surface area contributed by atoms with Crippen molar-refractivity contribution in [2.75, 3.05) is 0 Å². The quantitative estimate of drug-likeness (QED) is 0.310. The van der Waals surface area contributed by atoms with E-state index < -0.39 is 11.0 Å². The lowest BCUT2D eigenvalue weighted by atomic mass is 9.65. The van der Waals surface area contributed by atoms with Crippen LogP contribution in [0.5, 0.6) is 0 Å². The van der Waals surface area contributed by atoms with Gasteiger partial charge in [-0.3, -0.25) is 9.97 Å². The Balaban J connectivity index is 0.000000180. The molecule has 6 atom stereocenters. The van der Waals surface area contributed by atoms with Gasteiger partial charge in [0.25, 0.3) is 0 Å². The van der Waals surface area contributed by atoms with Gasteiger partial charge in [-0.25, -0.2) is 4.79 Å². The molecule has 4 heterocycles. The molecule has 4 aliphatic rings. The summed E-state index contributed by atoms with van der Waals surface area (Å²) in [4.78, 5) is 24.3. The number of nitrogens with zero attached hydrogens (tertiary/aromatic N) is 3. The molecular formula is C32H41Br2N5O2S2. The molecule has 7 nitrogen and oxygen atoms in total. The van der Waals surface area contributed by atoms with Crippen molar-refractivity contribution in [3.63, 3.8) is 0 Å². The second-order valence-corrected chi connectivity index (χ2v) is 16.5. The number of thiocarbonyl (C=S) groups is 2. The van der Waals surface area contributed by atoms with Gasteiger partial charge >= 0.3 is 6.09 Å². The van der Waals surface area contributed by atoms with Crippen LogP contribution >= 0.6 is 56.3 Å². The molecule has 4 N–H and O–H groups in total. The number of nitrogens with two attached hydrogens (primary N) is 2. The van der Waals surface area contributed by atoms with Crippen molar-refractivity contribution in [3.8, 4) is 0 Å². The van der Waals surface area contributed by atoms with Crippen molar-refractivity contribution in [2.45, 2.75) is 107 Å². The van der Waals surface area contributed by atoms with E-state index in [4.69, 9.17) is 40.6 Å². The number of fused-ring (bicyclic) bond motifs is 4. The van der Waals surface area contributed by atoms with E-state index in [0.717, 1.165) is 64.9 Å². The summed E-state index contributed by atoms with van der Waals surface area (Å²) in [7, 11) is 0. The lowest BCUT2D eigenvalue weighted by Crippen LogP contribution is -2.56. The molecule has 2 saturated carbocycles. The van der Waals surface area contributed by atoms with Crippen LogP contribution in [0.25, 0.3) is 0 Å². The number of halogens is 2. The van der Waals surface area contributed by atoms with E-state index in [1.165, 1.54) is 24.8 Å². The van der Waals surface area contributed by atoms with Crippen LogP contribution < -0.4 is 11.5 Å². The number of ether oxygens (including phenoxy) is 1. The van der Waals surface area contributed by atoms with Crippen LogP contribution in [0.2, 0.25) is 0 Å². The molecule has 4 fully saturated rings. The van der Waals surface area contributed by atoms with Crippen molar-refractivity contribution in [3.05, 3.63) is 57.0 Å². The maximum atomic E-state index is 12.7. The van der Waals surface area contributed by atoms with Gasteiger partial charge < -0.3 is 21.1 Å². The van der Waals surface area contributed by atoms with Crippen molar-refractivity contribution in [1.29, 1.82) is 0 Å². The third-order valence-corrected chi connectivity index (χ3v) is 11.4. The Morgan fingerprint density at radius 1 is 0.837 bits per heavy atom. The zero-order valence-electron chi connectivity index (χ0n) is 25.0. The van der Waals surface area contributed by atoms with Crippen LogP contribution in [-0.4, -0.2) is 48.6 Å². The summed E-state index contributed by atoms with van der Waals surface area (Å²) in [6, 6.07) is 4.36. The fourth-order valence-electron chi connectivity index (χ4n) is 7.99. The standard InChI is InChI=1S/C18H24BrN3O2S.C14H17BrN2S/c1-17(2,3)24-16(23)22-13-4-5-14(22)8-18(7-13,15(20)25)11-6-12(19)10-21-9-11;15-12-4-11(7-17-8-12)14(13(16)18)5-9-1-2-10(3-9)6-14/h6,9-10,13-14H,4-5,7-8H2,1-3H3,(H2,20,25);4,7-10H,1-3,5-6H2,(H2,16,18)/t13-,14+,18?;9-,10+,14?. The summed E-state index contributed by atoms with van der Waals surface area (Å²) in [5, 5.41) is 0. The average molecular weight is 752 g/mol. The first-order valence-corrected chi connectivity index (χ1v) is 17.5. The van der Waals surface area contributed by atoms with Crippen molar-refractivity contribution in [1.82, 2.24) is 14.9 Å². The topological polar surface area (TPSA) is 107 Å². The second-order valence-electron chi connectivity index (χ2n) is 13.8. The maximum absolute atomic E-state index is 12.7. The smallest absolute Gasteiger partial charge is 0.410 e. The molecule has 4 bridgehead atoms. The van der Waals surface area contributed by atoms with Gasteiger partial charge in [-0.1, -0.05) is 37.3 Å². The minimum Gasteiger partial charge on any atom is -0.444 e. The highest BCUT2D eigenvalue weighted by molar-refractivity contribution is 9.10.